The number of hydrogen-bond donors (Lipinski definition) is 2. The Bertz CT molecular complexity index is 1560. The molecule has 0 aliphatic rings. The number of H-pyrrole nitrogens is 1. The Hall–Kier alpha value is -3.82. The monoisotopic (exact) mass is 545 g/mol. The second-order valence-corrected chi connectivity index (χ2v) is 9.75. The van der Waals surface area contributed by atoms with Crippen molar-refractivity contribution in [3.8, 4) is 16.5 Å². The summed E-state index contributed by atoms with van der Waals surface area (Å²) in [6.07, 6.45) is 0.474. The number of aromatic amines is 1. The van der Waals surface area contributed by atoms with Crippen LogP contribution in [-0.2, 0) is 6.42 Å². The highest BCUT2D eigenvalue weighted by molar-refractivity contribution is 9.10. The number of halogens is 1. The van der Waals surface area contributed by atoms with Crippen LogP contribution in [0.3, 0.4) is 0 Å². The van der Waals surface area contributed by atoms with Crippen LogP contribution in [0.5, 0.6) is 0 Å². The summed E-state index contributed by atoms with van der Waals surface area (Å²) < 4.78 is 2.26. The van der Waals surface area contributed by atoms with Crippen molar-refractivity contribution in [2.24, 2.45) is 0 Å². The highest BCUT2D eigenvalue weighted by Crippen LogP contribution is 2.28. The highest BCUT2D eigenvalue weighted by Gasteiger charge is 2.18. The summed E-state index contributed by atoms with van der Waals surface area (Å²) >= 11 is 4.93. The summed E-state index contributed by atoms with van der Waals surface area (Å²) in [5.41, 5.74) is 3.12. The number of aryl methyl sites for hydroxylation is 1. The number of carbonyl (C=O) groups is 1. The average molecular weight is 546 g/mol. The molecule has 5 rings (SSSR count). The van der Waals surface area contributed by atoms with Gasteiger partial charge in [-0.1, -0.05) is 58.4 Å². The van der Waals surface area contributed by atoms with Crippen LogP contribution in [0.1, 0.15) is 27.2 Å². The lowest BCUT2D eigenvalue weighted by Crippen LogP contribution is -2.22. The van der Waals surface area contributed by atoms with Crippen molar-refractivity contribution in [3.05, 3.63) is 115 Å². The van der Waals surface area contributed by atoms with Gasteiger partial charge in [0.05, 0.1) is 10.6 Å². The molecule has 174 valence electrons. The van der Waals surface area contributed by atoms with Gasteiger partial charge in [0.15, 0.2) is 0 Å². The van der Waals surface area contributed by atoms with E-state index in [1.807, 2.05) is 53.9 Å². The van der Waals surface area contributed by atoms with E-state index < -0.39 is 0 Å². The minimum atomic E-state index is -0.301. The minimum Gasteiger partial charge on any atom is -0.306 e. The first-order valence-electron chi connectivity index (χ1n) is 10.8. The van der Waals surface area contributed by atoms with E-state index in [0.29, 0.717) is 34.8 Å². The fourth-order valence-electron chi connectivity index (χ4n) is 3.70. The first-order chi connectivity index (χ1) is 17.0. The SMILES string of the molecule is Cc1nc(-n2nc(-c3cccs3)cc2NC(=O)c2cccc(Br)c2)[nH]c(=O)c1Cc1ccccc1. The second-order valence-electron chi connectivity index (χ2n) is 7.88. The van der Waals surface area contributed by atoms with Crippen molar-refractivity contribution in [3.63, 3.8) is 0 Å². The van der Waals surface area contributed by atoms with Crippen molar-refractivity contribution in [2.75, 3.05) is 5.32 Å². The molecule has 0 unspecified atom stereocenters. The number of hydrogen-bond acceptors (Lipinski definition) is 5. The van der Waals surface area contributed by atoms with E-state index in [1.54, 1.807) is 31.2 Å². The number of thiophene rings is 1. The largest absolute Gasteiger partial charge is 0.306 e. The van der Waals surface area contributed by atoms with Gasteiger partial charge in [0.1, 0.15) is 11.5 Å². The number of benzene rings is 2. The van der Waals surface area contributed by atoms with Gasteiger partial charge < -0.3 is 5.32 Å². The lowest BCUT2D eigenvalue weighted by molar-refractivity contribution is 0.102. The molecule has 3 aromatic heterocycles. The molecule has 3 heterocycles. The fourth-order valence-corrected chi connectivity index (χ4v) is 4.78. The first kappa shape index (κ1) is 22.9. The van der Waals surface area contributed by atoms with Crippen molar-refractivity contribution >= 4 is 39.0 Å². The molecule has 0 atom stereocenters. The predicted molar refractivity (Wildman–Crippen MR) is 141 cm³/mol. The van der Waals surface area contributed by atoms with Crippen molar-refractivity contribution in [1.29, 1.82) is 0 Å². The molecule has 0 bridgehead atoms. The van der Waals surface area contributed by atoms with Crippen LogP contribution in [0.2, 0.25) is 0 Å². The molecule has 0 saturated heterocycles. The smallest absolute Gasteiger partial charge is 0.256 e. The van der Waals surface area contributed by atoms with E-state index >= 15 is 0 Å². The van der Waals surface area contributed by atoms with Crippen LogP contribution < -0.4 is 10.9 Å². The van der Waals surface area contributed by atoms with Gasteiger partial charge in [0.25, 0.3) is 11.5 Å². The van der Waals surface area contributed by atoms with Gasteiger partial charge in [0, 0.05) is 28.1 Å². The molecule has 0 radical (unpaired) electrons. The molecule has 0 spiro atoms. The molecule has 0 aliphatic carbocycles. The highest BCUT2D eigenvalue weighted by atomic mass is 79.9. The number of nitrogens with zero attached hydrogens (tertiary/aromatic N) is 3. The molecule has 0 aliphatic heterocycles. The molecular weight excluding hydrogens is 526 g/mol. The van der Waals surface area contributed by atoms with E-state index in [-0.39, 0.29) is 17.4 Å². The van der Waals surface area contributed by atoms with Gasteiger partial charge >= 0.3 is 0 Å². The molecule has 9 heteroatoms. The van der Waals surface area contributed by atoms with E-state index in [2.05, 4.69) is 36.3 Å². The Kier molecular flexibility index (Phi) is 6.43. The van der Waals surface area contributed by atoms with Gasteiger partial charge in [-0.05, 0) is 42.1 Å². The van der Waals surface area contributed by atoms with Crippen molar-refractivity contribution < 1.29 is 4.79 Å². The van der Waals surface area contributed by atoms with E-state index in [0.717, 1.165) is 14.9 Å². The van der Waals surface area contributed by atoms with E-state index in [1.165, 1.54) is 16.0 Å². The zero-order valence-corrected chi connectivity index (χ0v) is 21.1. The van der Waals surface area contributed by atoms with Crippen molar-refractivity contribution in [2.45, 2.75) is 13.3 Å². The third-order valence-corrected chi connectivity index (χ3v) is 6.83. The standard InChI is InChI=1S/C26H20BrN5O2S/c1-16-20(13-17-7-3-2-4-8-17)25(34)30-26(28-16)32-23(15-21(31-32)22-11-6-12-35-22)29-24(33)18-9-5-10-19(27)14-18/h2-12,14-15H,13H2,1H3,(H,29,33)(H,28,30,34). The van der Waals surface area contributed by atoms with Crippen molar-refractivity contribution in [1.82, 2.24) is 19.7 Å². The summed E-state index contributed by atoms with van der Waals surface area (Å²) in [4.78, 5) is 34.4. The normalized spacial score (nSPS) is 10.9. The summed E-state index contributed by atoms with van der Waals surface area (Å²) in [5, 5.41) is 9.52. The Labute approximate surface area is 213 Å². The van der Waals surface area contributed by atoms with Crippen LogP contribution in [0.25, 0.3) is 16.5 Å². The maximum atomic E-state index is 13.0. The van der Waals surface area contributed by atoms with Gasteiger partial charge in [-0.3, -0.25) is 14.6 Å². The lowest BCUT2D eigenvalue weighted by Gasteiger charge is -2.11. The van der Waals surface area contributed by atoms with E-state index in [4.69, 9.17) is 0 Å². The van der Waals surface area contributed by atoms with Gasteiger partial charge in [0.2, 0.25) is 5.95 Å². The molecule has 1 amide bonds. The molecular formula is C26H20BrN5O2S. The lowest BCUT2D eigenvalue weighted by atomic mass is 10.1. The zero-order valence-electron chi connectivity index (χ0n) is 18.7. The Balaban J connectivity index is 1.54. The van der Waals surface area contributed by atoms with Crippen LogP contribution in [0.15, 0.2) is 87.4 Å². The second kappa shape index (κ2) is 9.81. The summed E-state index contributed by atoms with van der Waals surface area (Å²) in [6, 6.07) is 22.5. The van der Waals surface area contributed by atoms with Crippen LogP contribution >= 0.6 is 27.3 Å². The third-order valence-electron chi connectivity index (χ3n) is 5.45. The minimum absolute atomic E-state index is 0.233. The molecule has 7 nitrogen and oxygen atoms in total. The molecule has 2 N–H and O–H groups in total. The summed E-state index contributed by atoms with van der Waals surface area (Å²) in [6.45, 7) is 1.81. The number of rotatable bonds is 6. The summed E-state index contributed by atoms with van der Waals surface area (Å²) in [5.74, 6) is 0.332. The predicted octanol–water partition coefficient (Wildman–Crippen LogP) is 5.60. The summed E-state index contributed by atoms with van der Waals surface area (Å²) in [7, 11) is 0. The molecule has 5 aromatic rings. The van der Waals surface area contributed by atoms with Crippen LogP contribution in [0.4, 0.5) is 5.82 Å². The zero-order chi connectivity index (χ0) is 24.4. The van der Waals surface area contributed by atoms with Gasteiger partial charge in [-0.15, -0.1) is 11.3 Å². The Morgan fingerprint density at radius 1 is 1.09 bits per heavy atom. The van der Waals surface area contributed by atoms with Gasteiger partial charge in [-0.2, -0.15) is 9.78 Å². The van der Waals surface area contributed by atoms with E-state index in [9.17, 15) is 9.59 Å². The fraction of sp³-hybridized carbons (Fsp3) is 0.0769. The maximum absolute atomic E-state index is 13.0. The quantitative estimate of drug-likeness (QED) is 0.290. The number of aromatic nitrogens is 4. The molecule has 2 aromatic carbocycles. The number of nitrogens with one attached hydrogen (secondary N) is 2. The average Bonchev–Trinajstić information content (AvgIpc) is 3.52. The Morgan fingerprint density at radius 3 is 2.63 bits per heavy atom. The molecule has 35 heavy (non-hydrogen) atoms. The number of amides is 1. The number of anilines is 1. The topological polar surface area (TPSA) is 92.7 Å². The molecule has 0 saturated carbocycles. The third kappa shape index (κ3) is 5.01. The van der Waals surface area contributed by atoms with Crippen LogP contribution in [0, 0.1) is 6.92 Å². The first-order valence-corrected chi connectivity index (χ1v) is 12.5. The maximum Gasteiger partial charge on any atom is 0.256 e. The molecule has 0 fully saturated rings. The Morgan fingerprint density at radius 2 is 1.91 bits per heavy atom. The van der Waals surface area contributed by atoms with Crippen LogP contribution in [-0.4, -0.2) is 25.7 Å². The van der Waals surface area contributed by atoms with Gasteiger partial charge in [-0.25, -0.2) is 4.98 Å². The number of carbonyl (C=O) groups excluding carboxylic acids is 1.